The van der Waals surface area contributed by atoms with Crippen molar-refractivity contribution in [3.8, 4) is 17.2 Å². The highest BCUT2D eigenvalue weighted by molar-refractivity contribution is 5.99. The molecule has 2 amide bonds. The van der Waals surface area contributed by atoms with Gasteiger partial charge in [-0.3, -0.25) is 23.9 Å². The van der Waals surface area contributed by atoms with Gasteiger partial charge in [0.1, 0.15) is 23.5 Å². The number of amides is 2. The summed E-state index contributed by atoms with van der Waals surface area (Å²) in [5, 5.41) is 14.2. The standard InChI is InChI=1S/C47H49FN10O5/c1-6-35-21-30(12-16-62-35)29-7-9-39-31(19-29)22-40(57(39)47(23-28(47)4)44-50-45(60)63-52-44)43(59)54-13-11-37-36(25-54)42(58(51-37)34-17-26(2)41(48)27(3)18-34)56-15-14-55(46(56)61)33-8-10-38-32(20-33)24-49-53(38)5/h7-10,14-15,17-20,22,24,28,30,35,44,52H,6,11-13,16,21,23,25H2,1-5H3,(H,50,60)/t28-,30-,35-,44?,47-/m0/s1. The fraction of sp³-hybridized carbons (Fsp3) is 0.383. The number of halogens is 1. The Balaban J connectivity index is 1.02. The third-order valence-electron chi connectivity index (χ3n) is 14.1. The number of aryl methyl sites for hydroxylation is 3. The third kappa shape index (κ3) is 6.16. The van der Waals surface area contributed by atoms with Crippen LogP contribution in [-0.4, -0.2) is 75.6 Å². The van der Waals surface area contributed by atoms with E-state index in [1.54, 1.807) is 63.1 Å². The number of hydrogen-bond acceptors (Lipinski definition) is 8. The van der Waals surface area contributed by atoms with E-state index in [1.807, 2.05) is 36.2 Å². The number of imidazole rings is 1. The summed E-state index contributed by atoms with van der Waals surface area (Å²) < 4.78 is 29.8. The quantitative estimate of drug-likeness (QED) is 0.174. The second kappa shape index (κ2) is 14.5. The molecular formula is C47H49FN10O5. The second-order valence-electron chi connectivity index (χ2n) is 17.8. The zero-order chi connectivity index (χ0) is 43.5. The van der Waals surface area contributed by atoms with Gasteiger partial charge in [-0.15, -0.1) is 5.48 Å². The number of hydrogen-bond donors (Lipinski definition) is 2. The first kappa shape index (κ1) is 39.3. The van der Waals surface area contributed by atoms with Crippen molar-refractivity contribution in [2.45, 2.75) is 90.1 Å². The summed E-state index contributed by atoms with van der Waals surface area (Å²) >= 11 is 0. The van der Waals surface area contributed by atoms with Crippen LogP contribution in [0.1, 0.15) is 83.9 Å². The maximum Gasteiger partial charge on any atom is 0.427 e. The molecule has 2 N–H and O–H groups in total. The number of carbonyl (C=O) groups is 2. The Labute approximate surface area is 361 Å². The highest BCUT2D eigenvalue weighted by Gasteiger charge is 2.62. The summed E-state index contributed by atoms with van der Waals surface area (Å²) in [4.78, 5) is 49.4. The summed E-state index contributed by atoms with van der Waals surface area (Å²) in [6.07, 6.45) is 8.28. The van der Waals surface area contributed by atoms with Gasteiger partial charge in [-0.1, -0.05) is 19.9 Å². The molecule has 4 aliphatic rings. The molecule has 3 fully saturated rings. The van der Waals surface area contributed by atoms with Crippen molar-refractivity contribution in [3.63, 3.8) is 0 Å². The van der Waals surface area contributed by atoms with Gasteiger partial charge in [0.05, 0.1) is 47.0 Å². The molecule has 2 saturated heterocycles. The molecule has 11 rings (SSSR count). The highest BCUT2D eigenvalue weighted by atomic mass is 19.1. The fourth-order valence-electron chi connectivity index (χ4n) is 10.6. The number of rotatable bonds is 8. The van der Waals surface area contributed by atoms with Crippen molar-refractivity contribution in [1.82, 2.24) is 49.0 Å². The van der Waals surface area contributed by atoms with Crippen molar-refractivity contribution >= 4 is 33.8 Å². The predicted octanol–water partition coefficient (Wildman–Crippen LogP) is 6.59. The zero-order valence-corrected chi connectivity index (χ0v) is 35.9. The van der Waals surface area contributed by atoms with Crippen LogP contribution < -0.4 is 16.5 Å². The number of carbonyl (C=O) groups excluding carboxylic acids is 2. The lowest BCUT2D eigenvalue weighted by Crippen LogP contribution is -2.49. The van der Waals surface area contributed by atoms with Gasteiger partial charge >= 0.3 is 11.8 Å². The van der Waals surface area contributed by atoms with E-state index in [4.69, 9.17) is 14.7 Å². The third-order valence-corrected chi connectivity index (χ3v) is 14.1. The first-order valence-corrected chi connectivity index (χ1v) is 21.8. The van der Waals surface area contributed by atoms with E-state index in [2.05, 4.69) is 52.5 Å². The van der Waals surface area contributed by atoms with Gasteiger partial charge in [0, 0.05) is 60.9 Å². The van der Waals surface area contributed by atoms with Crippen LogP contribution in [0.15, 0.2) is 78.0 Å². The molecular weight excluding hydrogens is 804 g/mol. The Morgan fingerprint density at radius 1 is 0.984 bits per heavy atom. The van der Waals surface area contributed by atoms with Crippen LogP contribution in [0.4, 0.5) is 9.18 Å². The topological polar surface area (TPSA) is 147 Å². The number of ether oxygens (including phenoxy) is 1. The Kier molecular flexibility index (Phi) is 9.07. The molecule has 16 heteroatoms. The summed E-state index contributed by atoms with van der Waals surface area (Å²) in [6, 6.07) is 17.7. The van der Waals surface area contributed by atoms with Crippen LogP contribution in [-0.2, 0) is 35.1 Å². The van der Waals surface area contributed by atoms with Gasteiger partial charge in [0.2, 0.25) is 0 Å². The number of nitrogens with zero attached hydrogens (tertiary/aromatic N) is 8. The van der Waals surface area contributed by atoms with Gasteiger partial charge in [0.25, 0.3) is 5.91 Å². The molecule has 3 aliphatic heterocycles. The van der Waals surface area contributed by atoms with Crippen molar-refractivity contribution in [1.29, 1.82) is 0 Å². The van der Waals surface area contributed by atoms with Crippen LogP contribution >= 0.6 is 0 Å². The minimum Gasteiger partial charge on any atom is -0.378 e. The number of aromatic nitrogens is 7. The summed E-state index contributed by atoms with van der Waals surface area (Å²) in [7, 11) is 1.87. The second-order valence-corrected chi connectivity index (χ2v) is 17.8. The molecule has 1 unspecified atom stereocenters. The maximum absolute atomic E-state index is 15.3. The number of fused-ring (bicyclic) bond motifs is 3. The first-order valence-electron chi connectivity index (χ1n) is 21.8. The Bertz CT molecular complexity index is 3060. The molecule has 4 aromatic heterocycles. The summed E-state index contributed by atoms with van der Waals surface area (Å²) in [6.45, 7) is 8.97. The van der Waals surface area contributed by atoms with E-state index in [1.165, 1.54) is 5.56 Å². The average molecular weight is 853 g/mol. The van der Waals surface area contributed by atoms with Crippen LogP contribution in [0.25, 0.3) is 39.0 Å². The molecule has 5 atom stereocenters. The minimum absolute atomic E-state index is 0.106. The highest BCUT2D eigenvalue weighted by Crippen LogP contribution is 2.55. The number of nitrogens with one attached hydrogen (secondary N) is 2. The van der Waals surface area contributed by atoms with Gasteiger partial charge in [-0.05, 0) is 117 Å². The number of hydroxylamine groups is 1. The lowest BCUT2D eigenvalue weighted by atomic mass is 9.87. The van der Waals surface area contributed by atoms with Gasteiger partial charge in [-0.2, -0.15) is 10.2 Å². The lowest BCUT2D eigenvalue weighted by Gasteiger charge is -2.31. The van der Waals surface area contributed by atoms with Crippen LogP contribution in [0.2, 0.25) is 0 Å². The van der Waals surface area contributed by atoms with Gasteiger partial charge in [0.15, 0.2) is 0 Å². The van der Waals surface area contributed by atoms with Crippen molar-refractivity contribution in [2.75, 3.05) is 13.2 Å². The van der Waals surface area contributed by atoms with E-state index in [-0.39, 0.29) is 36.0 Å². The zero-order valence-electron chi connectivity index (χ0n) is 35.9. The summed E-state index contributed by atoms with van der Waals surface area (Å²) in [5.74, 6) is 0.448. The molecule has 63 heavy (non-hydrogen) atoms. The van der Waals surface area contributed by atoms with Crippen molar-refractivity contribution < 1.29 is 23.6 Å². The lowest BCUT2D eigenvalue weighted by molar-refractivity contribution is 0.00486. The Hall–Kier alpha value is -6.52. The molecule has 7 heterocycles. The smallest absolute Gasteiger partial charge is 0.378 e. The largest absolute Gasteiger partial charge is 0.427 e. The Morgan fingerprint density at radius 2 is 1.76 bits per heavy atom. The summed E-state index contributed by atoms with van der Waals surface area (Å²) in [5.41, 5.74) is 9.14. The molecule has 3 aromatic carbocycles. The Morgan fingerprint density at radius 3 is 2.51 bits per heavy atom. The van der Waals surface area contributed by atoms with Crippen LogP contribution in [0.3, 0.4) is 0 Å². The SMILES string of the molecule is CC[C@H]1C[C@@H](c2ccc3c(c2)cc(C(=O)N2CCc4nn(-c5cc(C)c(F)c(C)c5)c(-n5ccn(-c6ccc7c(cnn7C)c6)c5=O)c4C2)n3[C@@]2(C3NOC(=O)N3)C[C@@H]2C)CCO1. The van der Waals surface area contributed by atoms with Gasteiger partial charge < -0.3 is 19.0 Å². The van der Waals surface area contributed by atoms with Crippen LogP contribution in [0, 0.1) is 25.6 Å². The maximum atomic E-state index is 15.3. The molecule has 0 bridgehead atoms. The van der Waals surface area contributed by atoms with E-state index in [0.717, 1.165) is 52.3 Å². The molecule has 0 radical (unpaired) electrons. The first-order chi connectivity index (χ1) is 30.4. The van der Waals surface area contributed by atoms with E-state index >= 15 is 9.18 Å². The normalized spacial score (nSPS) is 23.3. The molecule has 7 aromatic rings. The van der Waals surface area contributed by atoms with Gasteiger partial charge in [-0.25, -0.2) is 18.7 Å². The van der Waals surface area contributed by atoms with Crippen molar-refractivity contribution in [2.24, 2.45) is 13.0 Å². The number of benzene rings is 3. The molecule has 324 valence electrons. The van der Waals surface area contributed by atoms with E-state index in [9.17, 15) is 9.59 Å². The fourth-order valence-corrected chi connectivity index (χ4v) is 10.6. The van der Waals surface area contributed by atoms with Crippen molar-refractivity contribution in [3.05, 3.63) is 123 Å². The predicted molar refractivity (Wildman–Crippen MR) is 233 cm³/mol. The monoisotopic (exact) mass is 852 g/mol. The molecule has 1 aliphatic carbocycles. The van der Waals surface area contributed by atoms with E-state index < -0.39 is 17.8 Å². The molecule has 15 nitrogen and oxygen atoms in total. The van der Waals surface area contributed by atoms with Crippen LogP contribution in [0.5, 0.6) is 0 Å². The minimum atomic E-state index is -0.670. The molecule has 1 saturated carbocycles. The molecule has 0 spiro atoms. The average Bonchev–Trinajstić information content (AvgIpc) is 3.91. The van der Waals surface area contributed by atoms with E-state index in [0.29, 0.717) is 65.9 Å².